The normalized spacial score (nSPS) is 25.2. The Hall–Kier alpha value is -2.36. The topological polar surface area (TPSA) is 55.4 Å². The number of aryl methyl sites for hydroxylation is 1. The molecule has 2 atom stereocenters. The summed E-state index contributed by atoms with van der Waals surface area (Å²) in [5.74, 6) is -0.662. The van der Waals surface area contributed by atoms with Gasteiger partial charge in [-0.3, -0.25) is 4.79 Å². The number of fused-ring (bicyclic) bond motifs is 1. The summed E-state index contributed by atoms with van der Waals surface area (Å²) in [7, 11) is 0. The van der Waals surface area contributed by atoms with Gasteiger partial charge >= 0.3 is 5.97 Å². The zero-order chi connectivity index (χ0) is 20.4. The molecule has 2 unspecified atom stereocenters. The lowest BCUT2D eigenvalue weighted by molar-refractivity contribution is -0.146. The largest absolute Gasteiger partial charge is 0.459 e. The first-order chi connectivity index (χ1) is 14.1. The summed E-state index contributed by atoms with van der Waals surface area (Å²) in [5, 5.41) is 3.36. The van der Waals surface area contributed by atoms with Gasteiger partial charge in [0.1, 0.15) is 11.9 Å². The molecule has 1 aliphatic heterocycles. The molecule has 154 valence electrons. The second-order valence-electron chi connectivity index (χ2n) is 8.54. The first-order valence-corrected chi connectivity index (χ1v) is 11.1. The Morgan fingerprint density at radius 3 is 2.52 bits per heavy atom. The van der Waals surface area contributed by atoms with Crippen molar-refractivity contribution in [3.63, 3.8) is 0 Å². The summed E-state index contributed by atoms with van der Waals surface area (Å²) in [6.07, 6.45) is 9.70. The van der Waals surface area contributed by atoms with Gasteiger partial charge in [0.2, 0.25) is 0 Å². The molecule has 0 aromatic heterocycles. The van der Waals surface area contributed by atoms with Crippen molar-refractivity contribution >= 4 is 11.8 Å². The lowest BCUT2D eigenvalue weighted by Crippen LogP contribution is -2.41. The van der Waals surface area contributed by atoms with Crippen LogP contribution in [-0.4, -0.2) is 17.9 Å². The minimum Gasteiger partial charge on any atom is -0.459 e. The van der Waals surface area contributed by atoms with Crippen LogP contribution in [0.3, 0.4) is 0 Å². The van der Waals surface area contributed by atoms with Crippen molar-refractivity contribution in [3.8, 4) is 0 Å². The smallest absolute Gasteiger partial charge is 0.336 e. The van der Waals surface area contributed by atoms with E-state index in [1.807, 2.05) is 6.92 Å². The van der Waals surface area contributed by atoms with Gasteiger partial charge in [-0.2, -0.15) is 0 Å². The molecular formula is C25H31NO3. The van der Waals surface area contributed by atoms with Crippen molar-refractivity contribution in [2.45, 2.75) is 77.2 Å². The number of ketones is 1. The summed E-state index contributed by atoms with van der Waals surface area (Å²) < 4.78 is 5.95. The number of Topliss-reactive ketones (excluding diaryl/α,β-unsaturated/α-hetero) is 1. The highest BCUT2D eigenvalue weighted by Crippen LogP contribution is 2.44. The highest BCUT2D eigenvalue weighted by molar-refractivity contribution is 5.96. The average molecular weight is 394 g/mol. The Morgan fingerprint density at radius 1 is 1.10 bits per heavy atom. The van der Waals surface area contributed by atoms with Crippen LogP contribution in [0.2, 0.25) is 0 Å². The Kier molecular flexibility index (Phi) is 5.89. The Balaban J connectivity index is 1.72. The van der Waals surface area contributed by atoms with Gasteiger partial charge in [-0.05, 0) is 56.6 Å². The summed E-state index contributed by atoms with van der Waals surface area (Å²) in [5.41, 5.74) is 4.65. The maximum absolute atomic E-state index is 13.3. The fraction of sp³-hybridized carbons (Fsp3) is 0.520. The van der Waals surface area contributed by atoms with E-state index >= 15 is 0 Å². The van der Waals surface area contributed by atoms with Gasteiger partial charge in [-0.1, -0.05) is 43.7 Å². The second kappa shape index (κ2) is 8.56. The number of allylic oxidation sites excluding steroid dienone is 3. The van der Waals surface area contributed by atoms with Gasteiger partial charge in [-0.15, -0.1) is 0 Å². The molecule has 4 rings (SSSR count). The summed E-state index contributed by atoms with van der Waals surface area (Å²) in [4.78, 5) is 26.3. The highest BCUT2D eigenvalue weighted by atomic mass is 16.5. The molecular weight excluding hydrogens is 362 g/mol. The van der Waals surface area contributed by atoms with E-state index < -0.39 is 0 Å². The number of ether oxygens (including phenoxy) is 1. The van der Waals surface area contributed by atoms with Crippen molar-refractivity contribution in [1.29, 1.82) is 0 Å². The Labute approximate surface area is 173 Å². The summed E-state index contributed by atoms with van der Waals surface area (Å²) >= 11 is 0. The van der Waals surface area contributed by atoms with Crippen LogP contribution in [0.4, 0.5) is 0 Å². The lowest BCUT2D eigenvalue weighted by Gasteiger charge is -2.38. The van der Waals surface area contributed by atoms with Crippen LogP contribution in [0.15, 0.2) is 47.3 Å². The number of nitrogens with one attached hydrogen (secondary N) is 1. The number of carbonyl (C=O) groups is 2. The molecule has 0 spiro atoms. The van der Waals surface area contributed by atoms with Crippen LogP contribution in [0.5, 0.6) is 0 Å². The molecule has 0 radical (unpaired) electrons. The van der Waals surface area contributed by atoms with Gasteiger partial charge < -0.3 is 10.1 Å². The van der Waals surface area contributed by atoms with E-state index in [9.17, 15) is 9.59 Å². The highest BCUT2D eigenvalue weighted by Gasteiger charge is 2.43. The van der Waals surface area contributed by atoms with Crippen molar-refractivity contribution in [2.75, 3.05) is 0 Å². The fourth-order valence-electron chi connectivity index (χ4n) is 5.00. The van der Waals surface area contributed by atoms with E-state index in [2.05, 4.69) is 42.6 Å². The summed E-state index contributed by atoms with van der Waals surface area (Å²) in [6, 6.07) is 8.37. The molecule has 1 aromatic carbocycles. The van der Waals surface area contributed by atoms with E-state index in [-0.39, 0.29) is 29.7 Å². The maximum Gasteiger partial charge on any atom is 0.336 e. The molecule has 2 aliphatic carbocycles. The van der Waals surface area contributed by atoms with E-state index in [0.717, 1.165) is 55.5 Å². The number of benzene rings is 1. The minimum absolute atomic E-state index is 0.00124. The fourth-order valence-corrected chi connectivity index (χ4v) is 5.00. The van der Waals surface area contributed by atoms with Crippen molar-refractivity contribution in [1.82, 2.24) is 5.32 Å². The van der Waals surface area contributed by atoms with E-state index in [4.69, 9.17) is 4.74 Å². The molecule has 0 amide bonds. The quantitative estimate of drug-likeness (QED) is 0.736. The molecule has 1 aromatic rings. The van der Waals surface area contributed by atoms with E-state index in [0.29, 0.717) is 12.0 Å². The number of rotatable bonds is 4. The van der Waals surface area contributed by atoms with Crippen molar-refractivity contribution < 1.29 is 14.3 Å². The van der Waals surface area contributed by atoms with Crippen molar-refractivity contribution in [2.24, 2.45) is 5.92 Å². The van der Waals surface area contributed by atoms with Gasteiger partial charge in [0.05, 0.1) is 11.5 Å². The van der Waals surface area contributed by atoms with Crippen LogP contribution in [-0.2, 0) is 20.7 Å². The molecule has 1 saturated carbocycles. The van der Waals surface area contributed by atoms with Crippen LogP contribution in [0.25, 0.3) is 0 Å². The van der Waals surface area contributed by atoms with Crippen molar-refractivity contribution in [3.05, 3.63) is 58.4 Å². The number of esters is 1. The molecule has 1 fully saturated rings. The third-order valence-corrected chi connectivity index (χ3v) is 6.61. The first-order valence-electron chi connectivity index (χ1n) is 11.1. The number of carbonyl (C=O) groups excluding carboxylic acids is 2. The van der Waals surface area contributed by atoms with Gasteiger partial charge in [0, 0.05) is 23.7 Å². The Bertz CT molecular complexity index is 843. The molecule has 1 N–H and O–H groups in total. The Morgan fingerprint density at radius 2 is 1.83 bits per heavy atom. The lowest BCUT2D eigenvalue weighted by atomic mass is 9.71. The van der Waals surface area contributed by atoms with Crippen LogP contribution < -0.4 is 5.32 Å². The average Bonchev–Trinajstić information content (AvgIpc) is 2.73. The standard InChI is InChI=1S/C25H31NO3/c1-3-17-12-14-18(15-13-17)23-22(25(28)29-19-8-5-4-6-9-19)16(2)26-20-10-7-11-21(27)24(20)23/h10,12-15,19,23-24,26H,3-9,11H2,1-2H3. The number of hydrogen-bond donors (Lipinski definition) is 1. The van der Waals surface area contributed by atoms with Gasteiger partial charge in [0.15, 0.2) is 0 Å². The number of hydrogen-bond acceptors (Lipinski definition) is 4. The third kappa shape index (κ3) is 4.03. The van der Waals surface area contributed by atoms with E-state index in [1.54, 1.807) is 0 Å². The molecule has 1 heterocycles. The molecule has 29 heavy (non-hydrogen) atoms. The summed E-state index contributed by atoms with van der Waals surface area (Å²) in [6.45, 7) is 4.06. The third-order valence-electron chi connectivity index (χ3n) is 6.61. The minimum atomic E-state index is -0.325. The molecule has 0 bridgehead atoms. The van der Waals surface area contributed by atoms with Crippen LogP contribution >= 0.6 is 0 Å². The van der Waals surface area contributed by atoms with Crippen LogP contribution in [0.1, 0.15) is 75.8 Å². The zero-order valence-corrected chi connectivity index (χ0v) is 17.5. The first kappa shape index (κ1) is 19.9. The molecule has 3 aliphatic rings. The SMILES string of the molecule is CCc1ccc(C2C(C(=O)OC3CCCCC3)=C(C)NC3=CCCC(=O)C32)cc1. The predicted octanol–water partition coefficient (Wildman–Crippen LogP) is 4.95. The van der Waals surface area contributed by atoms with Crippen LogP contribution in [0, 0.1) is 5.92 Å². The van der Waals surface area contributed by atoms with Gasteiger partial charge in [0.25, 0.3) is 0 Å². The molecule has 0 saturated heterocycles. The molecule has 4 heteroatoms. The predicted molar refractivity (Wildman–Crippen MR) is 113 cm³/mol. The monoisotopic (exact) mass is 393 g/mol. The maximum atomic E-state index is 13.3. The van der Waals surface area contributed by atoms with E-state index in [1.165, 1.54) is 12.0 Å². The second-order valence-corrected chi connectivity index (χ2v) is 8.54. The van der Waals surface area contributed by atoms with Gasteiger partial charge in [-0.25, -0.2) is 4.79 Å². The molecule has 4 nitrogen and oxygen atoms in total. The zero-order valence-electron chi connectivity index (χ0n) is 17.5.